The van der Waals surface area contributed by atoms with Gasteiger partial charge >= 0.3 is 0 Å². The fourth-order valence-corrected chi connectivity index (χ4v) is 2.30. The Hall–Kier alpha value is -1.85. The molecule has 1 aliphatic rings. The van der Waals surface area contributed by atoms with Crippen molar-refractivity contribution in [3.8, 4) is 0 Å². The molecule has 0 bridgehead atoms. The molecule has 21 heavy (non-hydrogen) atoms. The Kier molecular flexibility index (Phi) is 5.78. The van der Waals surface area contributed by atoms with Crippen molar-refractivity contribution in [2.45, 2.75) is 13.0 Å². The lowest BCUT2D eigenvalue weighted by Gasteiger charge is -2.31. The van der Waals surface area contributed by atoms with Crippen LogP contribution in [0.3, 0.4) is 0 Å². The molecule has 0 aromatic heterocycles. The molecule has 5 nitrogen and oxygen atoms in total. The minimum Gasteiger partial charge on any atom is -0.399 e. The first kappa shape index (κ1) is 15.5. The number of nitrogens with one attached hydrogen (secondary N) is 1. The van der Waals surface area contributed by atoms with E-state index in [1.807, 2.05) is 24.3 Å². The Morgan fingerprint density at radius 1 is 1.57 bits per heavy atom. The third-order valence-corrected chi connectivity index (χ3v) is 3.51. The molecule has 1 heterocycles. The van der Waals surface area contributed by atoms with Gasteiger partial charge in [0.15, 0.2) is 0 Å². The van der Waals surface area contributed by atoms with E-state index in [-0.39, 0.29) is 12.0 Å². The summed E-state index contributed by atoms with van der Waals surface area (Å²) in [4.78, 5) is 14.1. The quantitative estimate of drug-likeness (QED) is 0.629. The number of nitrogens with two attached hydrogens (primary N) is 1. The topological polar surface area (TPSA) is 67.6 Å². The molecule has 114 valence electrons. The number of rotatable bonds is 5. The maximum absolute atomic E-state index is 11.8. The molecule has 1 fully saturated rings. The number of carbonyl (C=O) groups excluding carboxylic acids is 1. The van der Waals surface area contributed by atoms with Gasteiger partial charge in [-0.2, -0.15) is 0 Å². The zero-order valence-electron chi connectivity index (χ0n) is 12.4. The lowest BCUT2D eigenvalue weighted by molar-refractivity contribution is -0.117. The van der Waals surface area contributed by atoms with E-state index in [2.05, 4.69) is 17.1 Å². The predicted octanol–water partition coefficient (Wildman–Crippen LogP) is 1.12. The number of hydrogen-bond acceptors (Lipinski definition) is 4. The summed E-state index contributed by atoms with van der Waals surface area (Å²) in [7, 11) is 0. The maximum Gasteiger partial charge on any atom is 0.244 e. The van der Waals surface area contributed by atoms with Crippen LogP contribution in [0.5, 0.6) is 0 Å². The molecule has 2 rings (SSSR count). The maximum atomic E-state index is 11.8. The molecule has 1 atom stereocenters. The molecule has 1 amide bonds. The number of nitrogens with zero attached hydrogens (tertiary/aromatic N) is 1. The van der Waals surface area contributed by atoms with Crippen molar-refractivity contribution in [1.29, 1.82) is 0 Å². The first-order chi connectivity index (χ1) is 10.2. The van der Waals surface area contributed by atoms with Crippen molar-refractivity contribution in [1.82, 2.24) is 10.2 Å². The minimum absolute atomic E-state index is 0.0726. The number of anilines is 1. The molecule has 1 unspecified atom stereocenters. The van der Waals surface area contributed by atoms with Crippen LogP contribution < -0.4 is 11.1 Å². The Labute approximate surface area is 125 Å². The average molecular weight is 289 g/mol. The summed E-state index contributed by atoms with van der Waals surface area (Å²) >= 11 is 0. The summed E-state index contributed by atoms with van der Waals surface area (Å²) < 4.78 is 5.64. The van der Waals surface area contributed by atoms with Crippen LogP contribution in [0.1, 0.15) is 12.5 Å². The van der Waals surface area contributed by atoms with E-state index in [9.17, 15) is 4.79 Å². The monoisotopic (exact) mass is 289 g/mol. The highest BCUT2D eigenvalue weighted by atomic mass is 16.5. The molecular formula is C16H23N3O2. The number of morpholine rings is 1. The highest BCUT2D eigenvalue weighted by molar-refractivity contribution is 5.91. The first-order valence-electron chi connectivity index (χ1n) is 7.33. The van der Waals surface area contributed by atoms with Gasteiger partial charge in [0.25, 0.3) is 0 Å². The molecule has 0 radical (unpaired) electrons. The molecule has 1 saturated heterocycles. The Morgan fingerprint density at radius 3 is 3.19 bits per heavy atom. The van der Waals surface area contributed by atoms with Crippen LogP contribution in [0.2, 0.25) is 0 Å². The second kappa shape index (κ2) is 7.81. The third-order valence-electron chi connectivity index (χ3n) is 3.51. The summed E-state index contributed by atoms with van der Waals surface area (Å²) in [6, 6.07) is 7.41. The zero-order chi connectivity index (χ0) is 15.1. The van der Waals surface area contributed by atoms with Crippen LogP contribution in [0.4, 0.5) is 5.69 Å². The Bertz CT molecular complexity index is 502. The van der Waals surface area contributed by atoms with Gasteiger partial charge in [-0.3, -0.25) is 9.69 Å². The number of likely N-dealkylation sites (N-methyl/N-ethyl adjacent to an activating group) is 1. The number of amides is 1. The van der Waals surface area contributed by atoms with Crippen LogP contribution in [0.25, 0.3) is 6.08 Å². The molecule has 1 aliphatic heterocycles. The van der Waals surface area contributed by atoms with Crippen LogP contribution in [-0.2, 0) is 9.53 Å². The van der Waals surface area contributed by atoms with Gasteiger partial charge in [-0.05, 0) is 30.3 Å². The SMILES string of the molecule is CCN1CCOC(CNC(=O)/C=C/c2cccc(N)c2)C1. The second-order valence-electron chi connectivity index (χ2n) is 5.13. The lowest BCUT2D eigenvalue weighted by atomic mass is 10.2. The van der Waals surface area contributed by atoms with Gasteiger partial charge in [-0.15, -0.1) is 0 Å². The Morgan fingerprint density at radius 2 is 2.43 bits per heavy atom. The zero-order valence-corrected chi connectivity index (χ0v) is 12.4. The number of ether oxygens (including phenoxy) is 1. The first-order valence-corrected chi connectivity index (χ1v) is 7.33. The summed E-state index contributed by atoms with van der Waals surface area (Å²) in [6.07, 6.45) is 3.35. The summed E-state index contributed by atoms with van der Waals surface area (Å²) in [5, 5.41) is 2.87. The number of hydrogen-bond donors (Lipinski definition) is 2. The van der Waals surface area contributed by atoms with Crippen molar-refractivity contribution in [3.63, 3.8) is 0 Å². The van der Waals surface area contributed by atoms with E-state index in [0.717, 1.165) is 31.8 Å². The predicted molar refractivity (Wildman–Crippen MR) is 84.8 cm³/mol. The van der Waals surface area contributed by atoms with Crippen LogP contribution in [0.15, 0.2) is 30.3 Å². The average Bonchev–Trinajstić information content (AvgIpc) is 2.51. The van der Waals surface area contributed by atoms with Crippen molar-refractivity contribution >= 4 is 17.7 Å². The molecule has 1 aromatic carbocycles. The van der Waals surface area contributed by atoms with E-state index in [1.54, 1.807) is 6.08 Å². The minimum atomic E-state index is -0.116. The van der Waals surface area contributed by atoms with Crippen molar-refractivity contribution in [2.75, 3.05) is 38.5 Å². The molecular weight excluding hydrogens is 266 g/mol. The van der Waals surface area contributed by atoms with Crippen LogP contribution >= 0.6 is 0 Å². The fraction of sp³-hybridized carbons (Fsp3) is 0.438. The smallest absolute Gasteiger partial charge is 0.244 e. The van der Waals surface area contributed by atoms with Crippen molar-refractivity contribution in [2.24, 2.45) is 0 Å². The van der Waals surface area contributed by atoms with Gasteiger partial charge in [0.2, 0.25) is 5.91 Å². The van der Waals surface area contributed by atoms with Crippen molar-refractivity contribution < 1.29 is 9.53 Å². The van der Waals surface area contributed by atoms with Crippen LogP contribution in [0, 0.1) is 0 Å². The van der Waals surface area contributed by atoms with Crippen LogP contribution in [-0.4, -0.2) is 49.7 Å². The van der Waals surface area contributed by atoms with E-state index in [4.69, 9.17) is 10.5 Å². The molecule has 1 aromatic rings. The van der Waals surface area contributed by atoms with E-state index >= 15 is 0 Å². The summed E-state index contributed by atoms with van der Waals surface area (Å²) in [5.74, 6) is -0.116. The Balaban J connectivity index is 1.77. The largest absolute Gasteiger partial charge is 0.399 e. The van der Waals surface area contributed by atoms with Gasteiger partial charge in [-0.1, -0.05) is 19.1 Å². The second-order valence-corrected chi connectivity index (χ2v) is 5.13. The van der Waals surface area contributed by atoms with Crippen molar-refractivity contribution in [3.05, 3.63) is 35.9 Å². The lowest BCUT2D eigenvalue weighted by Crippen LogP contribution is -2.47. The highest BCUT2D eigenvalue weighted by Gasteiger charge is 2.19. The molecule has 0 aliphatic carbocycles. The number of nitrogen functional groups attached to an aromatic ring is 1. The van der Waals surface area contributed by atoms with Gasteiger partial charge in [0.1, 0.15) is 0 Å². The van der Waals surface area contributed by atoms with Gasteiger partial charge in [0.05, 0.1) is 12.7 Å². The van der Waals surface area contributed by atoms with Gasteiger partial charge in [-0.25, -0.2) is 0 Å². The number of benzene rings is 1. The van der Waals surface area contributed by atoms with Gasteiger partial charge < -0.3 is 15.8 Å². The molecule has 5 heteroatoms. The van der Waals surface area contributed by atoms with Gasteiger partial charge in [0, 0.05) is 31.4 Å². The number of carbonyl (C=O) groups is 1. The fourth-order valence-electron chi connectivity index (χ4n) is 2.30. The third kappa shape index (κ3) is 5.21. The molecule has 0 spiro atoms. The molecule has 3 N–H and O–H groups in total. The van der Waals surface area contributed by atoms with E-state index < -0.39 is 0 Å². The summed E-state index contributed by atoms with van der Waals surface area (Å²) in [6.45, 7) is 6.26. The normalized spacial score (nSPS) is 19.8. The standard InChI is InChI=1S/C16H23N3O2/c1-2-19-8-9-21-15(12-19)11-18-16(20)7-6-13-4-3-5-14(17)10-13/h3-7,10,15H,2,8-9,11-12,17H2,1H3,(H,18,20)/b7-6+. The van der Waals surface area contributed by atoms with E-state index in [0.29, 0.717) is 12.2 Å². The highest BCUT2D eigenvalue weighted by Crippen LogP contribution is 2.08. The van der Waals surface area contributed by atoms with E-state index in [1.165, 1.54) is 6.08 Å². The summed E-state index contributed by atoms with van der Waals surface area (Å²) in [5.41, 5.74) is 7.29. The molecule has 0 saturated carbocycles.